The maximum absolute atomic E-state index is 9.82. The van der Waals surface area contributed by atoms with Crippen molar-refractivity contribution in [2.75, 3.05) is 4.90 Å². The Kier molecular flexibility index (Phi) is 5.07. The number of aliphatic hydroxyl groups excluding tert-OH is 1. The number of anilines is 3. The minimum Gasteiger partial charge on any atom is -0.392 e. The number of para-hydroxylation sites is 1. The predicted molar refractivity (Wildman–Crippen MR) is 155 cm³/mol. The van der Waals surface area contributed by atoms with E-state index < -0.39 is 0 Å². The fourth-order valence-electron chi connectivity index (χ4n) is 6.46. The highest BCUT2D eigenvalue weighted by Crippen LogP contribution is 2.57. The van der Waals surface area contributed by atoms with E-state index in [0.29, 0.717) is 0 Å². The lowest BCUT2D eigenvalue weighted by molar-refractivity contribution is 0.281. The van der Waals surface area contributed by atoms with Crippen LogP contribution in [-0.4, -0.2) is 5.11 Å². The first-order valence-corrected chi connectivity index (χ1v) is 13.4. The average molecular weight is 488 g/mol. The van der Waals surface area contributed by atoms with Crippen LogP contribution in [0.3, 0.4) is 0 Å². The van der Waals surface area contributed by atoms with Gasteiger partial charge in [-0.25, -0.2) is 0 Å². The molecule has 6 rings (SSSR count). The van der Waals surface area contributed by atoms with Crippen molar-refractivity contribution >= 4 is 17.1 Å². The quantitative estimate of drug-likeness (QED) is 0.305. The number of fused-ring (bicyclic) bond motifs is 5. The van der Waals surface area contributed by atoms with Gasteiger partial charge in [-0.3, -0.25) is 0 Å². The molecule has 1 aliphatic carbocycles. The van der Waals surface area contributed by atoms with E-state index in [1.165, 1.54) is 56.0 Å². The Labute approximate surface area is 221 Å². The van der Waals surface area contributed by atoms with Crippen molar-refractivity contribution < 1.29 is 5.11 Å². The van der Waals surface area contributed by atoms with Crippen molar-refractivity contribution in [1.82, 2.24) is 0 Å². The summed E-state index contributed by atoms with van der Waals surface area (Å²) in [6.45, 7) is 16.2. The number of nitrogens with zero attached hydrogens (tertiary/aromatic N) is 1. The van der Waals surface area contributed by atoms with Gasteiger partial charge in [-0.2, -0.15) is 0 Å². The van der Waals surface area contributed by atoms with Crippen molar-refractivity contribution in [2.24, 2.45) is 0 Å². The Morgan fingerprint density at radius 2 is 1.30 bits per heavy atom. The van der Waals surface area contributed by atoms with Crippen LogP contribution in [0, 0.1) is 0 Å². The van der Waals surface area contributed by atoms with Crippen LogP contribution in [0.5, 0.6) is 0 Å². The fourth-order valence-corrected chi connectivity index (χ4v) is 6.46. The third-order valence-electron chi connectivity index (χ3n) is 8.76. The number of hydrogen-bond donors (Lipinski definition) is 1. The molecule has 2 nitrogen and oxygen atoms in total. The van der Waals surface area contributed by atoms with Gasteiger partial charge in [0.25, 0.3) is 0 Å². The van der Waals surface area contributed by atoms with Gasteiger partial charge < -0.3 is 10.0 Å². The smallest absolute Gasteiger partial charge is 0.0681 e. The Morgan fingerprint density at radius 3 is 1.97 bits per heavy atom. The molecule has 4 aromatic carbocycles. The van der Waals surface area contributed by atoms with Crippen molar-refractivity contribution in [3.63, 3.8) is 0 Å². The van der Waals surface area contributed by atoms with E-state index in [9.17, 15) is 5.11 Å². The summed E-state index contributed by atoms with van der Waals surface area (Å²) in [5.41, 5.74) is 13.8. The van der Waals surface area contributed by atoms with Gasteiger partial charge in [0.05, 0.1) is 18.0 Å². The summed E-state index contributed by atoms with van der Waals surface area (Å²) in [5.74, 6) is 0. The summed E-state index contributed by atoms with van der Waals surface area (Å²) in [7, 11) is 0. The second kappa shape index (κ2) is 7.82. The van der Waals surface area contributed by atoms with E-state index >= 15 is 0 Å². The van der Waals surface area contributed by atoms with Gasteiger partial charge in [-0.05, 0) is 80.3 Å². The number of benzene rings is 4. The number of rotatable bonds is 2. The summed E-state index contributed by atoms with van der Waals surface area (Å²) in [6.07, 6.45) is 0. The van der Waals surface area contributed by atoms with Crippen molar-refractivity contribution in [2.45, 2.75) is 71.3 Å². The van der Waals surface area contributed by atoms with Gasteiger partial charge in [0, 0.05) is 16.5 Å². The SMILES string of the molecule is CC(C)(C)c1ccc(N2c3ccccc3C(C)(C)c3cc4c(cc32)C(C)(C)c2cc(CO)ccc2-4)cc1. The minimum absolute atomic E-state index is 0.0664. The third-order valence-corrected chi connectivity index (χ3v) is 8.76. The molecule has 2 aliphatic rings. The molecule has 0 bridgehead atoms. The Hall–Kier alpha value is -3.36. The highest BCUT2D eigenvalue weighted by atomic mass is 16.3. The zero-order valence-corrected chi connectivity index (χ0v) is 23.1. The number of aliphatic hydroxyl groups is 1. The van der Waals surface area contributed by atoms with Gasteiger partial charge >= 0.3 is 0 Å². The van der Waals surface area contributed by atoms with E-state index in [4.69, 9.17) is 0 Å². The monoisotopic (exact) mass is 487 g/mol. The fraction of sp³-hybridized carbons (Fsp3) is 0.314. The minimum atomic E-state index is -0.145. The van der Waals surface area contributed by atoms with Gasteiger partial charge in [-0.1, -0.05) is 97.0 Å². The first-order chi connectivity index (χ1) is 17.4. The van der Waals surface area contributed by atoms with Crippen LogP contribution in [0.4, 0.5) is 17.1 Å². The molecular formula is C35H37NO. The summed E-state index contributed by atoms with van der Waals surface area (Å²) in [4.78, 5) is 2.46. The molecule has 188 valence electrons. The molecule has 0 saturated carbocycles. The highest BCUT2D eigenvalue weighted by Gasteiger charge is 2.42. The first-order valence-electron chi connectivity index (χ1n) is 13.4. The van der Waals surface area contributed by atoms with Crippen molar-refractivity contribution in [1.29, 1.82) is 0 Å². The van der Waals surface area contributed by atoms with E-state index in [0.717, 1.165) is 5.56 Å². The van der Waals surface area contributed by atoms with Crippen molar-refractivity contribution in [3.8, 4) is 11.1 Å². The third kappa shape index (κ3) is 3.42. The maximum Gasteiger partial charge on any atom is 0.0681 e. The molecule has 37 heavy (non-hydrogen) atoms. The lowest BCUT2D eigenvalue weighted by Gasteiger charge is -2.43. The largest absolute Gasteiger partial charge is 0.392 e. The molecule has 4 aromatic rings. The Morgan fingerprint density at radius 1 is 0.649 bits per heavy atom. The van der Waals surface area contributed by atoms with Crippen LogP contribution in [0.25, 0.3) is 11.1 Å². The van der Waals surface area contributed by atoms with Gasteiger partial charge in [0.1, 0.15) is 0 Å². The molecule has 2 heteroatoms. The summed E-state index contributed by atoms with van der Waals surface area (Å²) in [6, 6.07) is 29.3. The average Bonchev–Trinajstić information content (AvgIpc) is 3.09. The highest BCUT2D eigenvalue weighted by molar-refractivity contribution is 5.91. The Bertz CT molecular complexity index is 1530. The second-order valence-corrected chi connectivity index (χ2v) is 12.9. The lowest BCUT2D eigenvalue weighted by atomic mass is 9.71. The molecule has 0 fully saturated rings. The predicted octanol–water partition coefficient (Wildman–Crippen LogP) is 8.89. The molecule has 1 aliphatic heterocycles. The number of hydrogen-bond acceptors (Lipinski definition) is 2. The standard InChI is InChI=1S/C35H37NO/c1-33(2,3)23-13-15-24(16-14-23)36-31-11-9-8-10-27(31)34(4,5)30-19-26-25-17-12-22(21-37)18-28(25)35(6,7)29(26)20-32(30)36/h8-20,37H,21H2,1-7H3. The molecular weight excluding hydrogens is 450 g/mol. The molecule has 0 spiro atoms. The van der Waals surface area contributed by atoms with Crippen LogP contribution in [0.15, 0.2) is 78.9 Å². The lowest BCUT2D eigenvalue weighted by Crippen LogP contribution is -2.31. The maximum atomic E-state index is 9.82. The molecule has 0 amide bonds. The normalized spacial score (nSPS) is 16.6. The summed E-state index contributed by atoms with van der Waals surface area (Å²) < 4.78 is 0. The van der Waals surface area contributed by atoms with Crippen LogP contribution < -0.4 is 4.90 Å². The van der Waals surface area contributed by atoms with Crippen molar-refractivity contribution in [3.05, 3.63) is 112 Å². The van der Waals surface area contributed by atoms with E-state index in [2.05, 4.69) is 132 Å². The zero-order chi connectivity index (χ0) is 26.3. The molecule has 1 heterocycles. The van der Waals surface area contributed by atoms with Crippen LogP contribution in [-0.2, 0) is 22.9 Å². The first kappa shape index (κ1) is 24.0. The summed E-state index contributed by atoms with van der Waals surface area (Å²) >= 11 is 0. The Balaban J connectivity index is 1.62. The van der Waals surface area contributed by atoms with Gasteiger partial charge in [0.15, 0.2) is 0 Å². The van der Waals surface area contributed by atoms with Gasteiger partial charge in [0.2, 0.25) is 0 Å². The van der Waals surface area contributed by atoms with Crippen LogP contribution in [0.2, 0.25) is 0 Å². The van der Waals surface area contributed by atoms with Crippen LogP contribution >= 0.6 is 0 Å². The van der Waals surface area contributed by atoms with Gasteiger partial charge in [-0.15, -0.1) is 0 Å². The zero-order valence-electron chi connectivity index (χ0n) is 23.1. The molecule has 0 unspecified atom stereocenters. The van der Waals surface area contributed by atoms with E-state index in [-0.39, 0.29) is 22.9 Å². The summed E-state index contributed by atoms with van der Waals surface area (Å²) in [5, 5.41) is 9.82. The molecule has 0 radical (unpaired) electrons. The molecule has 0 aromatic heterocycles. The second-order valence-electron chi connectivity index (χ2n) is 12.9. The van der Waals surface area contributed by atoms with E-state index in [1.54, 1.807) is 0 Å². The molecule has 0 atom stereocenters. The molecule has 0 saturated heterocycles. The van der Waals surface area contributed by atoms with E-state index in [1.807, 2.05) is 0 Å². The van der Waals surface area contributed by atoms with Crippen LogP contribution in [0.1, 0.15) is 81.8 Å². The topological polar surface area (TPSA) is 23.5 Å². The molecule has 1 N–H and O–H groups in total.